The van der Waals surface area contributed by atoms with Crippen LogP contribution in [-0.4, -0.2) is 32.5 Å². The largest absolute Gasteiger partial charge is 0.508 e. The summed E-state index contributed by atoms with van der Waals surface area (Å²) in [6.07, 6.45) is 1.40. The molecule has 4 nitrogen and oxygen atoms in total. The highest BCUT2D eigenvalue weighted by Crippen LogP contribution is 2.06. The summed E-state index contributed by atoms with van der Waals surface area (Å²) in [4.78, 5) is 10.6. The SMILES string of the molecule is COC(=O)OC1CCCNC1.Cl. The molecule has 0 radical (unpaired) electrons. The van der Waals surface area contributed by atoms with Crippen molar-refractivity contribution in [2.24, 2.45) is 0 Å². The van der Waals surface area contributed by atoms with Gasteiger partial charge in [-0.25, -0.2) is 4.79 Å². The number of ether oxygens (including phenoxy) is 2. The average molecular weight is 196 g/mol. The van der Waals surface area contributed by atoms with E-state index in [0.717, 1.165) is 25.9 Å². The Labute approximate surface area is 78.0 Å². The minimum atomic E-state index is -0.585. The molecule has 0 spiro atoms. The molecule has 5 heteroatoms. The Morgan fingerprint density at radius 3 is 2.83 bits per heavy atom. The summed E-state index contributed by atoms with van der Waals surface area (Å²) in [6.45, 7) is 1.76. The Kier molecular flexibility index (Phi) is 5.84. The maximum Gasteiger partial charge on any atom is 0.508 e. The predicted octanol–water partition coefficient (Wildman–Crippen LogP) is 0.943. The number of hydrogen-bond acceptors (Lipinski definition) is 4. The first-order valence-corrected chi connectivity index (χ1v) is 3.78. The van der Waals surface area contributed by atoms with Crippen molar-refractivity contribution in [1.82, 2.24) is 5.32 Å². The molecule has 0 aromatic heterocycles. The molecule has 1 saturated heterocycles. The maximum atomic E-state index is 10.6. The predicted molar refractivity (Wildman–Crippen MR) is 46.6 cm³/mol. The summed E-state index contributed by atoms with van der Waals surface area (Å²) in [5.74, 6) is 0. The lowest BCUT2D eigenvalue weighted by atomic mass is 10.1. The summed E-state index contributed by atoms with van der Waals surface area (Å²) < 4.78 is 9.28. The molecule has 0 saturated carbocycles. The Morgan fingerprint density at radius 2 is 2.33 bits per heavy atom. The van der Waals surface area contributed by atoms with Gasteiger partial charge in [-0.3, -0.25) is 0 Å². The Balaban J connectivity index is 0.00000121. The summed E-state index contributed by atoms with van der Waals surface area (Å²) in [5, 5.41) is 3.13. The Bertz CT molecular complexity index is 137. The van der Waals surface area contributed by atoms with Gasteiger partial charge >= 0.3 is 6.16 Å². The van der Waals surface area contributed by atoms with Gasteiger partial charge in [-0.15, -0.1) is 12.4 Å². The third-order valence-electron chi connectivity index (χ3n) is 1.68. The number of methoxy groups -OCH3 is 1. The molecule has 1 aliphatic rings. The van der Waals surface area contributed by atoms with Crippen LogP contribution >= 0.6 is 12.4 Å². The van der Waals surface area contributed by atoms with Crippen molar-refractivity contribution < 1.29 is 14.3 Å². The molecule has 0 amide bonds. The number of hydrogen-bond donors (Lipinski definition) is 1. The zero-order valence-electron chi connectivity index (χ0n) is 7.04. The lowest BCUT2D eigenvalue weighted by molar-refractivity contribution is 0.0282. The van der Waals surface area contributed by atoms with Gasteiger partial charge in [0.15, 0.2) is 0 Å². The van der Waals surface area contributed by atoms with Crippen molar-refractivity contribution >= 4 is 18.6 Å². The molecule has 1 aliphatic heterocycles. The number of rotatable bonds is 1. The molecule has 0 aromatic carbocycles. The van der Waals surface area contributed by atoms with Crippen LogP contribution in [0.4, 0.5) is 4.79 Å². The van der Waals surface area contributed by atoms with Crippen LogP contribution in [0.25, 0.3) is 0 Å². The van der Waals surface area contributed by atoms with E-state index in [2.05, 4.69) is 10.1 Å². The van der Waals surface area contributed by atoms with E-state index < -0.39 is 6.16 Å². The van der Waals surface area contributed by atoms with E-state index in [1.807, 2.05) is 0 Å². The minimum absolute atomic E-state index is 0. The van der Waals surface area contributed by atoms with Crippen molar-refractivity contribution in [2.45, 2.75) is 18.9 Å². The molecular weight excluding hydrogens is 182 g/mol. The molecule has 72 valence electrons. The van der Waals surface area contributed by atoms with Crippen LogP contribution in [-0.2, 0) is 9.47 Å². The van der Waals surface area contributed by atoms with E-state index in [-0.39, 0.29) is 18.5 Å². The average Bonchev–Trinajstić information content (AvgIpc) is 2.06. The van der Waals surface area contributed by atoms with Gasteiger partial charge in [-0.1, -0.05) is 0 Å². The molecule has 0 aliphatic carbocycles. The van der Waals surface area contributed by atoms with Gasteiger partial charge in [0.2, 0.25) is 0 Å². The lowest BCUT2D eigenvalue weighted by Crippen LogP contribution is -2.36. The van der Waals surface area contributed by atoms with Crippen molar-refractivity contribution in [3.63, 3.8) is 0 Å². The van der Waals surface area contributed by atoms with E-state index >= 15 is 0 Å². The number of halogens is 1. The van der Waals surface area contributed by atoms with Gasteiger partial charge < -0.3 is 14.8 Å². The van der Waals surface area contributed by atoms with Crippen molar-refractivity contribution in [2.75, 3.05) is 20.2 Å². The molecule has 1 N–H and O–H groups in total. The fraction of sp³-hybridized carbons (Fsp3) is 0.857. The quantitative estimate of drug-likeness (QED) is 0.633. The van der Waals surface area contributed by atoms with Gasteiger partial charge in [-0.2, -0.15) is 0 Å². The summed E-state index contributed by atoms with van der Waals surface area (Å²) in [5.41, 5.74) is 0. The summed E-state index contributed by atoms with van der Waals surface area (Å²) in [7, 11) is 1.32. The zero-order valence-corrected chi connectivity index (χ0v) is 7.86. The van der Waals surface area contributed by atoms with E-state index in [0.29, 0.717) is 0 Å². The molecule has 1 unspecified atom stereocenters. The van der Waals surface area contributed by atoms with Crippen molar-refractivity contribution in [1.29, 1.82) is 0 Å². The van der Waals surface area contributed by atoms with Crippen molar-refractivity contribution in [3.8, 4) is 0 Å². The van der Waals surface area contributed by atoms with Crippen LogP contribution in [0.1, 0.15) is 12.8 Å². The first-order chi connectivity index (χ1) is 5.33. The smallest absolute Gasteiger partial charge is 0.438 e. The number of nitrogens with one attached hydrogen (secondary N) is 1. The fourth-order valence-corrected chi connectivity index (χ4v) is 1.10. The van der Waals surface area contributed by atoms with Crippen LogP contribution < -0.4 is 5.32 Å². The number of carbonyl (C=O) groups excluding carboxylic acids is 1. The van der Waals surface area contributed by atoms with Gasteiger partial charge in [0.05, 0.1) is 7.11 Å². The molecule has 1 atom stereocenters. The molecule has 0 bridgehead atoms. The minimum Gasteiger partial charge on any atom is -0.438 e. The normalized spacial score (nSPS) is 22.2. The zero-order chi connectivity index (χ0) is 8.10. The molecular formula is C7H14ClNO3. The third kappa shape index (κ3) is 3.78. The topological polar surface area (TPSA) is 47.6 Å². The highest BCUT2D eigenvalue weighted by molar-refractivity contribution is 5.85. The lowest BCUT2D eigenvalue weighted by Gasteiger charge is -2.21. The Morgan fingerprint density at radius 1 is 1.58 bits per heavy atom. The molecule has 1 rings (SSSR count). The standard InChI is InChI=1S/C7H13NO3.ClH/c1-10-7(9)11-6-3-2-4-8-5-6;/h6,8H,2-5H2,1H3;1H. The van der Waals surface area contributed by atoms with Gasteiger partial charge in [0.25, 0.3) is 0 Å². The number of piperidine rings is 1. The fourth-order valence-electron chi connectivity index (χ4n) is 1.10. The van der Waals surface area contributed by atoms with Gasteiger partial charge in [0, 0.05) is 6.54 Å². The molecule has 12 heavy (non-hydrogen) atoms. The van der Waals surface area contributed by atoms with Crippen molar-refractivity contribution in [3.05, 3.63) is 0 Å². The van der Waals surface area contributed by atoms with Crippen LogP contribution in [0.15, 0.2) is 0 Å². The van der Waals surface area contributed by atoms with E-state index in [4.69, 9.17) is 4.74 Å². The second-order valence-corrected chi connectivity index (χ2v) is 2.54. The molecule has 0 aromatic rings. The summed E-state index contributed by atoms with van der Waals surface area (Å²) in [6, 6.07) is 0. The van der Waals surface area contributed by atoms with Crippen LogP contribution in [0.3, 0.4) is 0 Å². The monoisotopic (exact) mass is 195 g/mol. The maximum absolute atomic E-state index is 10.6. The van der Waals surface area contributed by atoms with Crippen LogP contribution in [0.2, 0.25) is 0 Å². The molecule has 1 fully saturated rings. The van der Waals surface area contributed by atoms with E-state index in [1.165, 1.54) is 7.11 Å². The highest BCUT2D eigenvalue weighted by atomic mass is 35.5. The first-order valence-electron chi connectivity index (χ1n) is 3.78. The first kappa shape index (κ1) is 11.5. The highest BCUT2D eigenvalue weighted by Gasteiger charge is 2.16. The van der Waals surface area contributed by atoms with Crippen LogP contribution in [0.5, 0.6) is 0 Å². The molecule has 1 heterocycles. The second kappa shape index (κ2) is 6.08. The third-order valence-corrected chi connectivity index (χ3v) is 1.68. The number of carbonyl (C=O) groups is 1. The van der Waals surface area contributed by atoms with Gasteiger partial charge in [-0.05, 0) is 19.4 Å². The van der Waals surface area contributed by atoms with Crippen LogP contribution in [0, 0.1) is 0 Å². The second-order valence-electron chi connectivity index (χ2n) is 2.54. The van der Waals surface area contributed by atoms with Gasteiger partial charge in [0.1, 0.15) is 6.10 Å². The Hall–Kier alpha value is -0.480. The van der Waals surface area contributed by atoms with E-state index in [1.54, 1.807) is 0 Å². The summed E-state index contributed by atoms with van der Waals surface area (Å²) >= 11 is 0. The van der Waals surface area contributed by atoms with E-state index in [9.17, 15) is 4.79 Å².